The molecule has 0 saturated heterocycles. The number of benzene rings is 3. The van der Waals surface area contributed by atoms with Crippen molar-refractivity contribution in [1.29, 1.82) is 0 Å². The third kappa shape index (κ3) is 7.94. The molecule has 0 aliphatic rings. The third-order valence-corrected chi connectivity index (χ3v) is 5.87. The van der Waals surface area contributed by atoms with E-state index in [0.29, 0.717) is 23.5 Å². The second-order valence-corrected chi connectivity index (χ2v) is 9.28. The van der Waals surface area contributed by atoms with Gasteiger partial charge in [-0.3, -0.25) is 4.72 Å². The third-order valence-electron chi connectivity index (χ3n) is 4.77. The van der Waals surface area contributed by atoms with Crippen LogP contribution in [0.3, 0.4) is 0 Å². The van der Waals surface area contributed by atoms with Crippen molar-refractivity contribution in [3.8, 4) is 34.1 Å². The molecule has 3 aromatic rings. The van der Waals surface area contributed by atoms with Crippen LogP contribution in [-0.2, 0) is 10.0 Å². The van der Waals surface area contributed by atoms with Crippen LogP contribution in [0.5, 0.6) is 23.0 Å². The molecule has 0 amide bonds. The lowest BCUT2D eigenvalue weighted by Crippen LogP contribution is -2.30. The highest BCUT2D eigenvalue weighted by molar-refractivity contribution is 7.93. The number of sulfonamides is 1. The van der Waals surface area contributed by atoms with Gasteiger partial charge in [-0.05, 0) is 66.1 Å². The van der Waals surface area contributed by atoms with Crippen molar-refractivity contribution in [3.05, 3.63) is 66.7 Å². The van der Waals surface area contributed by atoms with Crippen molar-refractivity contribution in [2.45, 2.75) is 31.6 Å². The number of hydrogen-bond acceptors (Lipinski definition) is 5. The zero-order valence-electron chi connectivity index (χ0n) is 19.2. The van der Waals surface area contributed by atoms with E-state index in [0.717, 1.165) is 31.0 Å². The molecular formula is C24H21F6NO5S. The van der Waals surface area contributed by atoms with E-state index in [1.54, 1.807) is 12.1 Å². The van der Waals surface area contributed by atoms with Gasteiger partial charge in [0.05, 0.1) is 12.3 Å². The van der Waals surface area contributed by atoms with E-state index < -0.39 is 33.3 Å². The lowest BCUT2D eigenvalue weighted by atomic mass is 10.0. The van der Waals surface area contributed by atoms with Crippen LogP contribution in [0.15, 0.2) is 66.7 Å². The molecule has 0 saturated carbocycles. The standard InChI is InChI=1S/C24H21F6NO5S/c1-2-3-14-34-18-9-11-19(12-10-18)35-22-15-17(6-13-21(22)31-37(32,33)24(28,29)30)16-4-7-20(8-5-16)36-23(25,26)27/h4-13,15,31H,2-3,14H2,1H3. The van der Waals surface area contributed by atoms with E-state index in [2.05, 4.69) is 4.74 Å². The molecule has 6 nitrogen and oxygen atoms in total. The summed E-state index contributed by atoms with van der Waals surface area (Å²) in [7, 11) is -5.76. The van der Waals surface area contributed by atoms with E-state index >= 15 is 0 Å². The first kappa shape index (κ1) is 28.0. The number of unbranched alkanes of at least 4 members (excludes halogenated alkanes) is 1. The number of ether oxygens (including phenoxy) is 3. The lowest BCUT2D eigenvalue weighted by molar-refractivity contribution is -0.274. The predicted octanol–water partition coefficient (Wildman–Crippen LogP) is 7.48. The summed E-state index contributed by atoms with van der Waals surface area (Å²) in [6, 6.07) is 14.4. The average molecular weight is 549 g/mol. The van der Waals surface area contributed by atoms with Crippen LogP contribution in [0.2, 0.25) is 0 Å². The molecular weight excluding hydrogens is 528 g/mol. The number of halogens is 6. The quantitative estimate of drug-likeness (QED) is 0.210. The Labute approximate surface area is 208 Å². The molecule has 13 heteroatoms. The molecule has 0 aliphatic carbocycles. The fourth-order valence-electron chi connectivity index (χ4n) is 2.99. The van der Waals surface area contributed by atoms with Crippen molar-refractivity contribution in [2.24, 2.45) is 0 Å². The SMILES string of the molecule is CCCCOc1ccc(Oc2cc(-c3ccc(OC(F)(F)F)cc3)ccc2NS(=O)(=O)C(F)(F)F)cc1. The van der Waals surface area contributed by atoms with Crippen LogP contribution in [0.1, 0.15) is 19.8 Å². The fraction of sp³-hybridized carbons (Fsp3) is 0.250. The van der Waals surface area contributed by atoms with Gasteiger partial charge >= 0.3 is 21.9 Å². The minimum Gasteiger partial charge on any atom is -0.494 e. The smallest absolute Gasteiger partial charge is 0.494 e. The topological polar surface area (TPSA) is 73.9 Å². The molecule has 0 aromatic heterocycles. The molecule has 0 unspecified atom stereocenters. The second-order valence-electron chi connectivity index (χ2n) is 7.61. The number of rotatable bonds is 10. The monoisotopic (exact) mass is 549 g/mol. The average Bonchev–Trinajstić information content (AvgIpc) is 2.80. The maximum Gasteiger partial charge on any atom is 0.573 e. The fourth-order valence-corrected chi connectivity index (χ4v) is 3.56. The summed E-state index contributed by atoms with van der Waals surface area (Å²) in [5.74, 6) is -0.0424. The largest absolute Gasteiger partial charge is 0.573 e. The van der Waals surface area contributed by atoms with Crippen molar-refractivity contribution in [1.82, 2.24) is 0 Å². The Kier molecular flexibility index (Phi) is 8.46. The summed E-state index contributed by atoms with van der Waals surface area (Å²) in [5, 5.41) is 0. The Hall–Kier alpha value is -3.61. The minimum atomic E-state index is -5.76. The van der Waals surface area contributed by atoms with Crippen molar-refractivity contribution >= 4 is 15.7 Å². The molecule has 200 valence electrons. The molecule has 0 spiro atoms. The Morgan fingerprint density at radius 3 is 1.92 bits per heavy atom. The lowest BCUT2D eigenvalue weighted by Gasteiger charge is -2.16. The van der Waals surface area contributed by atoms with E-state index in [-0.39, 0.29) is 11.5 Å². The Morgan fingerprint density at radius 1 is 0.784 bits per heavy atom. The van der Waals surface area contributed by atoms with Crippen LogP contribution in [0.4, 0.5) is 32.0 Å². The van der Waals surface area contributed by atoms with Crippen LogP contribution in [0, 0.1) is 0 Å². The van der Waals surface area contributed by atoms with Gasteiger partial charge in [0, 0.05) is 0 Å². The maximum absolute atomic E-state index is 13.0. The second kappa shape index (κ2) is 11.2. The first-order valence-corrected chi connectivity index (χ1v) is 12.3. The summed E-state index contributed by atoms with van der Waals surface area (Å²) < 4.78 is 116. The number of hydrogen-bond donors (Lipinski definition) is 1. The van der Waals surface area contributed by atoms with Crippen molar-refractivity contribution < 1.29 is 49.0 Å². The van der Waals surface area contributed by atoms with Crippen LogP contribution < -0.4 is 18.9 Å². The van der Waals surface area contributed by atoms with Crippen molar-refractivity contribution in [2.75, 3.05) is 11.3 Å². The molecule has 1 N–H and O–H groups in total. The highest BCUT2D eigenvalue weighted by Gasteiger charge is 2.46. The first-order valence-electron chi connectivity index (χ1n) is 10.8. The van der Waals surface area contributed by atoms with Gasteiger partial charge < -0.3 is 14.2 Å². The highest BCUT2D eigenvalue weighted by Crippen LogP contribution is 2.37. The molecule has 0 radical (unpaired) electrons. The Bertz CT molecular complexity index is 1290. The van der Waals surface area contributed by atoms with E-state index in [1.165, 1.54) is 41.1 Å². The maximum atomic E-state index is 13.0. The summed E-state index contributed by atoms with van der Waals surface area (Å²) in [4.78, 5) is 0. The highest BCUT2D eigenvalue weighted by atomic mass is 32.2. The molecule has 3 rings (SSSR count). The normalized spacial score (nSPS) is 12.2. The number of nitrogens with one attached hydrogen (secondary N) is 1. The summed E-state index contributed by atoms with van der Waals surface area (Å²) in [5.41, 5.74) is -5.39. The van der Waals surface area contributed by atoms with Crippen LogP contribution in [0.25, 0.3) is 11.1 Å². The number of anilines is 1. The number of alkyl halides is 6. The van der Waals surface area contributed by atoms with Gasteiger partial charge in [-0.15, -0.1) is 13.2 Å². The van der Waals surface area contributed by atoms with Gasteiger partial charge in [0.1, 0.15) is 17.2 Å². The minimum absolute atomic E-state index is 0.168. The Balaban J connectivity index is 1.92. The predicted molar refractivity (Wildman–Crippen MR) is 124 cm³/mol. The van der Waals surface area contributed by atoms with Gasteiger partial charge in [0.2, 0.25) is 0 Å². The van der Waals surface area contributed by atoms with Gasteiger partial charge in [-0.25, -0.2) is 0 Å². The molecule has 0 aliphatic heterocycles. The van der Waals surface area contributed by atoms with E-state index in [4.69, 9.17) is 9.47 Å². The van der Waals surface area contributed by atoms with Gasteiger partial charge in [-0.2, -0.15) is 21.6 Å². The van der Waals surface area contributed by atoms with E-state index in [9.17, 15) is 34.8 Å². The van der Waals surface area contributed by atoms with Crippen LogP contribution >= 0.6 is 0 Å². The summed E-state index contributed by atoms with van der Waals surface area (Å²) >= 11 is 0. The van der Waals surface area contributed by atoms with Gasteiger partial charge in [0.15, 0.2) is 5.75 Å². The Morgan fingerprint density at radius 2 is 1.35 bits per heavy atom. The molecule has 37 heavy (non-hydrogen) atoms. The molecule has 0 heterocycles. The first-order chi connectivity index (χ1) is 17.3. The molecule has 3 aromatic carbocycles. The van der Waals surface area contributed by atoms with Gasteiger partial charge in [0.25, 0.3) is 0 Å². The molecule has 0 fully saturated rings. The van der Waals surface area contributed by atoms with Gasteiger partial charge in [-0.1, -0.05) is 31.5 Å². The summed E-state index contributed by atoms with van der Waals surface area (Å²) in [6.45, 7) is 2.50. The molecule has 0 bridgehead atoms. The van der Waals surface area contributed by atoms with Crippen molar-refractivity contribution in [3.63, 3.8) is 0 Å². The summed E-state index contributed by atoms with van der Waals surface area (Å²) in [6.07, 6.45) is -3.10. The van der Waals surface area contributed by atoms with E-state index in [1.807, 2.05) is 6.92 Å². The van der Waals surface area contributed by atoms with Crippen LogP contribution in [-0.4, -0.2) is 26.9 Å². The zero-order chi connectivity index (χ0) is 27.3. The zero-order valence-corrected chi connectivity index (χ0v) is 20.0. The molecule has 0 atom stereocenters.